The fraction of sp³-hybridized carbons (Fsp3) is 0.438. The van der Waals surface area contributed by atoms with Crippen LogP contribution in [0.2, 0.25) is 0 Å². The van der Waals surface area contributed by atoms with Gasteiger partial charge in [-0.3, -0.25) is 4.68 Å². The molecule has 3 rings (SSSR count). The minimum atomic E-state index is 0.195. The lowest BCUT2D eigenvalue weighted by Gasteiger charge is -2.08. The Hall–Kier alpha value is -1.81. The van der Waals surface area contributed by atoms with Crippen LogP contribution in [0.15, 0.2) is 30.5 Å². The van der Waals surface area contributed by atoms with Gasteiger partial charge in [-0.05, 0) is 56.0 Å². The first-order chi connectivity index (χ1) is 9.63. The summed E-state index contributed by atoms with van der Waals surface area (Å²) in [4.78, 5) is 0. The summed E-state index contributed by atoms with van der Waals surface area (Å²) in [5.74, 6) is 0.900. The first-order valence-corrected chi connectivity index (χ1v) is 7.18. The second-order valence-corrected chi connectivity index (χ2v) is 5.68. The molecule has 1 aromatic heterocycles. The minimum absolute atomic E-state index is 0.195. The molecule has 0 fully saturated rings. The number of aryl methyl sites for hydroxylation is 1. The first-order valence-electron chi connectivity index (χ1n) is 7.18. The Morgan fingerprint density at radius 2 is 2.25 bits per heavy atom. The van der Waals surface area contributed by atoms with Crippen molar-refractivity contribution in [2.45, 2.75) is 45.4 Å². The van der Waals surface area contributed by atoms with Crippen molar-refractivity contribution in [1.29, 1.82) is 0 Å². The number of fused-ring (bicyclic) bond motifs is 1. The van der Waals surface area contributed by atoms with Gasteiger partial charge in [0.25, 0.3) is 0 Å². The van der Waals surface area contributed by atoms with Gasteiger partial charge in [0, 0.05) is 18.3 Å². The smallest absolute Gasteiger partial charge is 0.132 e. The second kappa shape index (κ2) is 5.29. The summed E-state index contributed by atoms with van der Waals surface area (Å²) >= 11 is 0. The Morgan fingerprint density at radius 1 is 1.40 bits per heavy atom. The van der Waals surface area contributed by atoms with E-state index in [1.165, 1.54) is 11.1 Å². The van der Waals surface area contributed by atoms with Crippen molar-refractivity contribution in [3.63, 3.8) is 0 Å². The average Bonchev–Trinajstić information content (AvgIpc) is 3.04. The van der Waals surface area contributed by atoms with Gasteiger partial charge in [0.2, 0.25) is 0 Å². The highest BCUT2D eigenvalue weighted by molar-refractivity contribution is 5.40. The summed E-state index contributed by atoms with van der Waals surface area (Å²) in [5.41, 5.74) is 9.58. The lowest BCUT2D eigenvalue weighted by Crippen LogP contribution is -2.05. The fourth-order valence-corrected chi connectivity index (χ4v) is 2.62. The summed E-state index contributed by atoms with van der Waals surface area (Å²) in [6.45, 7) is 4.73. The van der Waals surface area contributed by atoms with Gasteiger partial charge in [-0.2, -0.15) is 5.10 Å². The van der Waals surface area contributed by atoms with Crippen molar-refractivity contribution in [2.24, 2.45) is 5.73 Å². The van der Waals surface area contributed by atoms with Crippen LogP contribution in [0.25, 0.3) is 0 Å². The Balaban J connectivity index is 1.66. The van der Waals surface area contributed by atoms with Gasteiger partial charge < -0.3 is 10.5 Å². The highest BCUT2D eigenvalue weighted by atomic mass is 16.5. The maximum atomic E-state index is 6.04. The number of benzene rings is 1. The molecule has 0 spiro atoms. The van der Waals surface area contributed by atoms with Crippen molar-refractivity contribution in [3.8, 4) is 5.75 Å². The van der Waals surface area contributed by atoms with E-state index in [0.29, 0.717) is 12.6 Å². The van der Waals surface area contributed by atoms with E-state index in [2.05, 4.69) is 31.1 Å². The van der Waals surface area contributed by atoms with Crippen LogP contribution in [0.3, 0.4) is 0 Å². The molecule has 1 atom stereocenters. The third-order valence-electron chi connectivity index (χ3n) is 3.82. The molecule has 20 heavy (non-hydrogen) atoms. The van der Waals surface area contributed by atoms with Gasteiger partial charge in [-0.15, -0.1) is 0 Å². The molecule has 2 aromatic rings. The number of nitrogens with zero attached hydrogens (tertiary/aromatic N) is 2. The van der Waals surface area contributed by atoms with Crippen LogP contribution >= 0.6 is 0 Å². The van der Waals surface area contributed by atoms with Crippen LogP contribution in [0.1, 0.15) is 49.2 Å². The van der Waals surface area contributed by atoms with E-state index in [1.54, 1.807) is 0 Å². The molecule has 0 saturated carbocycles. The molecule has 2 N–H and O–H groups in total. The zero-order valence-electron chi connectivity index (χ0n) is 12.0. The van der Waals surface area contributed by atoms with E-state index in [-0.39, 0.29) is 6.04 Å². The maximum absolute atomic E-state index is 6.04. The largest absolute Gasteiger partial charge is 0.487 e. The van der Waals surface area contributed by atoms with Crippen LogP contribution < -0.4 is 10.5 Å². The van der Waals surface area contributed by atoms with Crippen molar-refractivity contribution >= 4 is 0 Å². The lowest BCUT2D eigenvalue weighted by atomic mass is 10.1. The van der Waals surface area contributed by atoms with E-state index >= 15 is 0 Å². The number of hydrogen-bond donors (Lipinski definition) is 1. The van der Waals surface area contributed by atoms with E-state index < -0.39 is 0 Å². The summed E-state index contributed by atoms with van der Waals surface area (Å²) in [5, 5.41) is 4.48. The van der Waals surface area contributed by atoms with Gasteiger partial charge in [0.1, 0.15) is 12.4 Å². The SMILES string of the molecule is CC(C)n1ccc(COc2ccc3c(c2)CCC3N)n1. The van der Waals surface area contributed by atoms with Crippen LogP contribution in [0, 0.1) is 0 Å². The molecule has 4 nitrogen and oxygen atoms in total. The summed E-state index contributed by atoms with van der Waals surface area (Å²) in [6, 6.07) is 8.79. The first kappa shape index (κ1) is 13.2. The van der Waals surface area contributed by atoms with Crippen LogP contribution in [-0.4, -0.2) is 9.78 Å². The van der Waals surface area contributed by atoms with Gasteiger partial charge in [-0.1, -0.05) is 6.07 Å². The molecule has 1 unspecified atom stereocenters. The van der Waals surface area contributed by atoms with E-state index in [9.17, 15) is 0 Å². The van der Waals surface area contributed by atoms with Gasteiger partial charge in [-0.25, -0.2) is 0 Å². The predicted molar refractivity (Wildman–Crippen MR) is 78.6 cm³/mol. The van der Waals surface area contributed by atoms with Crippen LogP contribution in [0.5, 0.6) is 5.75 Å². The van der Waals surface area contributed by atoms with E-state index in [1.807, 2.05) is 23.0 Å². The molecule has 0 saturated heterocycles. The molecular formula is C16H21N3O. The molecule has 4 heteroatoms. The maximum Gasteiger partial charge on any atom is 0.132 e. The van der Waals surface area contributed by atoms with Crippen molar-refractivity contribution < 1.29 is 4.74 Å². The lowest BCUT2D eigenvalue weighted by molar-refractivity contribution is 0.298. The minimum Gasteiger partial charge on any atom is -0.487 e. The van der Waals surface area contributed by atoms with E-state index in [0.717, 1.165) is 24.3 Å². The van der Waals surface area contributed by atoms with Crippen LogP contribution in [0.4, 0.5) is 0 Å². The molecule has 1 aliphatic rings. The standard InChI is InChI=1S/C16H21N3O/c1-11(2)19-8-7-13(18-19)10-20-14-4-5-15-12(9-14)3-6-16(15)17/h4-5,7-9,11,16H,3,6,10,17H2,1-2H3. The number of nitrogens with two attached hydrogens (primary N) is 1. The Labute approximate surface area is 119 Å². The molecule has 0 radical (unpaired) electrons. The second-order valence-electron chi connectivity index (χ2n) is 5.68. The molecule has 1 heterocycles. The fourth-order valence-electron chi connectivity index (χ4n) is 2.62. The average molecular weight is 271 g/mol. The highest BCUT2D eigenvalue weighted by Crippen LogP contribution is 2.31. The van der Waals surface area contributed by atoms with E-state index in [4.69, 9.17) is 10.5 Å². The molecule has 0 aliphatic heterocycles. The monoisotopic (exact) mass is 271 g/mol. The van der Waals surface area contributed by atoms with Crippen molar-refractivity contribution in [3.05, 3.63) is 47.3 Å². The summed E-state index contributed by atoms with van der Waals surface area (Å²) in [6.07, 6.45) is 4.08. The van der Waals surface area contributed by atoms with Gasteiger partial charge >= 0.3 is 0 Å². The summed E-state index contributed by atoms with van der Waals surface area (Å²) in [7, 11) is 0. The molecule has 1 aromatic carbocycles. The molecule has 1 aliphatic carbocycles. The Morgan fingerprint density at radius 3 is 3.00 bits per heavy atom. The zero-order chi connectivity index (χ0) is 14.1. The Kier molecular flexibility index (Phi) is 3.49. The number of aromatic nitrogens is 2. The normalized spacial score (nSPS) is 17.5. The molecular weight excluding hydrogens is 250 g/mol. The van der Waals surface area contributed by atoms with Crippen molar-refractivity contribution in [1.82, 2.24) is 9.78 Å². The van der Waals surface area contributed by atoms with Crippen molar-refractivity contribution in [2.75, 3.05) is 0 Å². The van der Waals surface area contributed by atoms with Crippen LogP contribution in [-0.2, 0) is 13.0 Å². The Bertz CT molecular complexity index is 604. The van der Waals surface area contributed by atoms with Gasteiger partial charge in [0.15, 0.2) is 0 Å². The third kappa shape index (κ3) is 2.56. The summed E-state index contributed by atoms with van der Waals surface area (Å²) < 4.78 is 7.77. The predicted octanol–water partition coefficient (Wildman–Crippen LogP) is 2.99. The number of hydrogen-bond acceptors (Lipinski definition) is 3. The number of ether oxygens (including phenoxy) is 1. The third-order valence-corrected chi connectivity index (χ3v) is 3.82. The highest BCUT2D eigenvalue weighted by Gasteiger charge is 2.19. The number of rotatable bonds is 4. The quantitative estimate of drug-likeness (QED) is 0.930. The zero-order valence-corrected chi connectivity index (χ0v) is 12.0. The molecule has 0 amide bonds. The molecule has 0 bridgehead atoms. The van der Waals surface area contributed by atoms with Gasteiger partial charge in [0.05, 0.1) is 5.69 Å². The topological polar surface area (TPSA) is 53.1 Å². The molecule has 106 valence electrons.